The molecule has 94 valence electrons. The van der Waals surface area contributed by atoms with Gasteiger partial charge in [0.15, 0.2) is 0 Å². The molecule has 0 aliphatic rings. The third kappa shape index (κ3) is 3.85. The highest BCUT2D eigenvalue weighted by molar-refractivity contribution is 6.91. The second-order valence-corrected chi connectivity index (χ2v) is 10.1. The van der Waals surface area contributed by atoms with Crippen molar-refractivity contribution in [3.63, 3.8) is 0 Å². The van der Waals surface area contributed by atoms with E-state index in [2.05, 4.69) is 69.4 Å². The second-order valence-electron chi connectivity index (χ2n) is 5.36. The minimum atomic E-state index is -1.35. The second kappa shape index (κ2) is 6.80. The van der Waals surface area contributed by atoms with Crippen LogP contribution in [0.15, 0.2) is 42.5 Å². The number of allylic oxidation sites excluding steroid dienone is 2. The summed E-state index contributed by atoms with van der Waals surface area (Å²) in [5.41, 5.74) is 0.773. The van der Waals surface area contributed by atoms with E-state index in [9.17, 15) is 0 Å². The first kappa shape index (κ1) is 14.2. The van der Waals surface area contributed by atoms with Crippen LogP contribution in [0.25, 0.3) is 0 Å². The van der Waals surface area contributed by atoms with Crippen molar-refractivity contribution < 1.29 is 0 Å². The summed E-state index contributed by atoms with van der Waals surface area (Å²) in [4.78, 5) is 0. The Labute approximate surface area is 108 Å². The lowest BCUT2D eigenvalue weighted by molar-refractivity contribution is 0.716. The molecule has 0 saturated carbocycles. The molecule has 1 heteroatoms. The third-order valence-corrected chi connectivity index (χ3v) is 7.89. The molecule has 1 rings (SSSR count). The molecule has 0 aliphatic heterocycles. The fraction of sp³-hybridized carbons (Fsp3) is 0.500. The smallest absolute Gasteiger partial charge is 0.0873 e. The largest absolute Gasteiger partial charge is 0.0917 e. The molecule has 1 aromatic rings. The van der Waals surface area contributed by atoms with Gasteiger partial charge in [0, 0.05) is 0 Å². The maximum atomic E-state index is 2.50. The van der Waals surface area contributed by atoms with Gasteiger partial charge >= 0.3 is 0 Å². The van der Waals surface area contributed by atoms with Gasteiger partial charge in [-0.25, -0.2) is 0 Å². The first-order valence-electron chi connectivity index (χ1n) is 6.81. The highest BCUT2D eigenvalue weighted by Crippen LogP contribution is 2.29. The number of unbranched alkanes of at least 4 members (excludes halogenated alkanes) is 1. The van der Waals surface area contributed by atoms with Gasteiger partial charge < -0.3 is 0 Å². The summed E-state index contributed by atoms with van der Waals surface area (Å²) in [5, 5.41) is 1.58. The summed E-state index contributed by atoms with van der Waals surface area (Å²) >= 11 is 0. The monoisotopic (exact) mass is 246 g/mol. The fourth-order valence-electron chi connectivity index (χ4n) is 2.44. The summed E-state index contributed by atoms with van der Waals surface area (Å²) in [6.07, 6.45) is 8.66. The van der Waals surface area contributed by atoms with E-state index in [1.165, 1.54) is 19.3 Å². The summed E-state index contributed by atoms with van der Waals surface area (Å²) in [6, 6.07) is 11.1. The first-order chi connectivity index (χ1) is 8.12. The molecule has 1 atom stereocenters. The lowest BCUT2D eigenvalue weighted by Crippen LogP contribution is -2.45. The highest BCUT2D eigenvalue weighted by Gasteiger charge is 2.30. The normalized spacial score (nSPS) is 14.1. The van der Waals surface area contributed by atoms with E-state index in [0.29, 0.717) is 0 Å². The number of benzene rings is 1. The van der Waals surface area contributed by atoms with E-state index in [0.717, 1.165) is 5.54 Å². The zero-order valence-corrected chi connectivity index (χ0v) is 12.7. The van der Waals surface area contributed by atoms with Crippen molar-refractivity contribution in [1.82, 2.24) is 0 Å². The SMILES string of the molecule is C/C=C/C(CCCC)[Si](C)(C)c1ccccc1. The Morgan fingerprint density at radius 1 is 1.18 bits per heavy atom. The Balaban J connectivity index is 2.91. The van der Waals surface area contributed by atoms with E-state index in [4.69, 9.17) is 0 Å². The Morgan fingerprint density at radius 3 is 2.35 bits per heavy atom. The van der Waals surface area contributed by atoms with Crippen LogP contribution in [-0.2, 0) is 0 Å². The van der Waals surface area contributed by atoms with Crippen molar-refractivity contribution in [2.75, 3.05) is 0 Å². The Morgan fingerprint density at radius 2 is 1.82 bits per heavy atom. The van der Waals surface area contributed by atoms with Crippen LogP contribution < -0.4 is 5.19 Å². The van der Waals surface area contributed by atoms with Gasteiger partial charge in [0.05, 0.1) is 8.07 Å². The lowest BCUT2D eigenvalue weighted by atomic mass is 10.2. The van der Waals surface area contributed by atoms with Crippen molar-refractivity contribution in [2.24, 2.45) is 0 Å². The highest BCUT2D eigenvalue weighted by atomic mass is 28.3. The van der Waals surface area contributed by atoms with E-state index in [1.807, 2.05) is 0 Å². The van der Waals surface area contributed by atoms with Crippen LogP contribution in [0.4, 0.5) is 0 Å². The van der Waals surface area contributed by atoms with Crippen molar-refractivity contribution >= 4 is 13.3 Å². The average Bonchev–Trinajstić information content (AvgIpc) is 2.35. The maximum absolute atomic E-state index is 2.50. The Hall–Kier alpha value is -0.823. The van der Waals surface area contributed by atoms with Gasteiger partial charge in [-0.3, -0.25) is 0 Å². The standard InChI is InChI=1S/C16H26Si/c1-5-7-12-15(11-6-2)17(3,4)16-13-9-8-10-14-16/h6,8-11,13-15H,5,7,12H2,1-4H3/b11-6+. The minimum Gasteiger partial charge on any atom is -0.0917 e. The van der Waals surface area contributed by atoms with Crippen LogP contribution in [0.2, 0.25) is 18.6 Å². The van der Waals surface area contributed by atoms with Gasteiger partial charge in [-0.1, -0.05) is 80.5 Å². The van der Waals surface area contributed by atoms with Crippen LogP contribution in [-0.4, -0.2) is 8.07 Å². The molecular weight excluding hydrogens is 220 g/mol. The van der Waals surface area contributed by atoms with Crippen molar-refractivity contribution in [3.05, 3.63) is 42.5 Å². The van der Waals surface area contributed by atoms with Gasteiger partial charge in [0.25, 0.3) is 0 Å². The predicted octanol–water partition coefficient (Wildman–Crippen LogP) is 4.74. The van der Waals surface area contributed by atoms with Gasteiger partial charge in [0.2, 0.25) is 0 Å². The topological polar surface area (TPSA) is 0 Å². The predicted molar refractivity (Wildman–Crippen MR) is 81.6 cm³/mol. The van der Waals surface area contributed by atoms with Crippen LogP contribution in [0.5, 0.6) is 0 Å². The molecule has 0 aliphatic carbocycles. The molecule has 0 bridgehead atoms. The minimum absolute atomic E-state index is 0.773. The number of rotatable bonds is 6. The molecule has 0 radical (unpaired) electrons. The molecule has 0 nitrogen and oxygen atoms in total. The van der Waals surface area contributed by atoms with Gasteiger partial charge in [-0.2, -0.15) is 0 Å². The molecule has 1 unspecified atom stereocenters. The van der Waals surface area contributed by atoms with E-state index < -0.39 is 8.07 Å². The van der Waals surface area contributed by atoms with E-state index >= 15 is 0 Å². The molecule has 1 aromatic carbocycles. The lowest BCUT2D eigenvalue weighted by Gasteiger charge is -2.31. The summed E-state index contributed by atoms with van der Waals surface area (Å²) in [7, 11) is -1.35. The average molecular weight is 246 g/mol. The molecule has 0 amide bonds. The molecule has 0 heterocycles. The van der Waals surface area contributed by atoms with Gasteiger partial charge in [-0.05, 0) is 18.9 Å². The van der Waals surface area contributed by atoms with Gasteiger partial charge in [-0.15, -0.1) is 0 Å². The molecule has 0 N–H and O–H groups in total. The molecule has 0 fully saturated rings. The van der Waals surface area contributed by atoms with Crippen molar-refractivity contribution in [2.45, 2.75) is 51.7 Å². The van der Waals surface area contributed by atoms with Crippen LogP contribution in [0.1, 0.15) is 33.1 Å². The summed E-state index contributed by atoms with van der Waals surface area (Å²) in [5.74, 6) is 0. The molecule has 0 spiro atoms. The number of hydrogen-bond donors (Lipinski definition) is 0. The zero-order chi connectivity index (χ0) is 12.7. The maximum Gasteiger partial charge on any atom is 0.0873 e. The van der Waals surface area contributed by atoms with Gasteiger partial charge in [0.1, 0.15) is 0 Å². The Kier molecular flexibility index (Phi) is 5.70. The number of hydrogen-bond acceptors (Lipinski definition) is 0. The molecule has 0 saturated heterocycles. The molecule has 0 aromatic heterocycles. The molecule has 17 heavy (non-hydrogen) atoms. The fourth-order valence-corrected chi connectivity index (χ4v) is 5.51. The van der Waals surface area contributed by atoms with Crippen molar-refractivity contribution in [1.29, 1.82) is 0 Å². The summed E-state index contributed by atoms with van der Waals surface area (Å²) < 4.78 is 0. The Bertz CT molecular complexity index is 338. The van der Waals surface area contributed by atoms with E-state index in [1.54, 1.807) is 5.19 Å². The molecular formula is C16H26Si. The third-order valence-electron chi connectivity index (χ3n) is 3.74. The zero-order valence-electron chi connectivity index (χ0n) is 11.7. The van der Waals surface area contributed by atoms with Crippen LogP contribution in [0.3, 0.4) is 0 Å². The van der Waals surface area contributed by atoms with Crippen LogP contribution in [0, 0.1) is 0 Å². The first-order valence-corrected chi connectivity index (χ1v) is 9.89. The van der Waals surface area contributed by atoms with E-state index in [-0.39, 0.29) is 0 Å². The summed E-state index contributed by atoms with van der Waals surface area (Å²) in [6.45, 7) is 9.43. The van der Waals surface area contributed by atoms with Crippen LogP contribution >= 0.6 is 0 Å². The quantitative estimate of drug-likeness (QED) is 0.502. The van der Waals surface area contributed by atoms with Crippen molar-refractivity contribution in [3.8, 4) is 0 Å².